The second-order valence-corrected chi connectivity index (χ2v) is 10.1. The smallest absolute Gasteiger partial charge is 0.230 e. The van der Waals surface area contributed by atoms with Gasteiger partial charge < -0.3 is 15.1 Å². The molecule has 0 radical (unpaired) electrons. The van der Waals surface area contributed by atoms with Gasteiger partial charge in [0.25, 0.3) is 0 Å². The molecule has 5 rings (SSSR count). The Labute approximate surface area is 190 Å². The third-order valence-corrected chi connectivity index (χ3v) is 7.85. The molecule has 1 aliphatic carbocycles. The van der Waals surface area contributed by atoms with Crippen LogP contribution in [0.25, 0.3) is 0 Å². The van der Waals surface area contributed by atoms with E-state index in [2.05, 4.69) is 71.4 Å². The zero-order valence-electron chi connectivity index (χ0n) is 18.5. The summed E-state index contributed by atoms with van der Waals surface area (Å²) in [7, 11) is 0. The number of nitrogens with one attached hydrogen (secondary N) is 1. The number of rotatable bonds is 2. The molecule has 4 nitrogen and oxygen atoms in total. The van der Waals surface area contributed by atoms with E-state index in [9.17, 15) is 4.79 Å². The summed E-state index contributed by atoms with van der Waals surface area (Å²) in [5, 5.41) is 4.25. The number of aryl methyl sites for hydroxylation is 2. The van der Waals surface area contributed by atoms with Gasteiger partial charge in [0.15, 0.2) is 5.11 Å². The van der Waals surface area contributed by atoms with Gasteiger partial charge in [-0.3, -0.25) is 4.79 Å². The number of anilines is 1. The number of benzene rings is 2. The zero-order valence-corrected chi connectivity index (χ0v) is 19.3. The monoisotopic (exact) mass is 433 g/mol. The van der Waals surface area contributed by atoms with E-state index in [4.69, 9.17) is 12.2 Å². The van der Waals surface area contributed by atoms with E-state index in [1.807, 2.05) is 0 Å². The summed E-state index contributed by atoms with van der Waals surface area (Å²) in [4.78, 5) is 17.6. The van der Waals surface area contributed by atoms with Crippen molar-refractivity contribution >= 4 is 28.9 Å². The number of carbonyl (C=O) groups is 1. The Morgan fingerprint density at radius 1 is 1.00 bits per heavy atom. The minimum absolute atomic E-state index is 0.0843. The van der Waals surface area contributed by atoms with Crippen LogP contribution in [-0.4, -0.2) is 47.0 Å². The van der Waals surface area contributed by atoms with Crippen LogP contribution in [0.2, 0.25) is 0 Å². The molecule has 2 fully saturated rings. The highest BCUT2D eigenvalue weighted by molar-refractivity contribution is 7.80. The highest BCUT2D eigenvalue weighted by Gasteiger charge is 2.45. The molecule has 1 N–H and O–H groups in total. The average molecular weight is 434 g/mol. The van der Waals surface area contributed by atoms with Gasteiger partial charge in [-0.2, -0.15) is 0 Å². The van der Waals surface area contributed by atoms with Crippen LogP contribution in [0.3, 0.4) is 0 Å². The Morgan fingerprint density at radius 2 is 1.65 bits per heavy atom. The molecule has 1 amide bonds. The number of carbonyl (C=O) groups excluding carboxylic acids is 1. The molecule has 2 saturated heterocycles. The first-order valence-electron chi connectivity index (χ1n) is 11.4. The summed E-state index contributed by atoms with van der Waals surface area (Å²) in [6, 6.07) is 14.8. The molecule has 1 unspecified atom stereocenters. The minimum Gasteiger partial charge on any atom is -0.349 e. The van der Waals surface area contributed by atoms with E-state index in [0.29, 0.717) is 5.91 Å². The van der Waals surface area contributed by atoms with Gasteiger partial charge in [-0.1, -0.05) is 30.3 Å². The van der Waals surface area contributed by atoms with Gasteiger partial charge in [-0.05, 0) is 91.6 Å². The van der Waals surface area contributed by atoms with Crippen molar-refractivity contribution in [2.45, 2.75) is 45.4 Å². The SMILES string of the molecule is Cc1cc(C)cc(NC(=S)N2CCC3(CCN(C(=O)C4Cc5ccccc54)C3)CC2)c1. The van der Waals surface area contributed by atoms with Crippen molar-refractivity contribution in [1.29, 1.82) is 0 Å². The third kappa shape index (κ3) is 3.96. The van der Waals surface area contributed by atoms with Crippen molar-refractivity contribution in [3.8, 4) is 0 Å². The topological polar surface area (TPSA) is 35.6 Å². The number of thiocarbonyl (C=S) groups is 1. The van der Waals surface area contributed by atoms with Crippen LogP contribution in [0.5, 0.6) is 0 Å². The maximum atomic E-state index is 13.1. The van der Waals surface area contributed by atoms with Crippen molar-refractivity contribution in [2.24, 2.45) is 5.41 Å². The average Bonchev–Trinajstić information content (AvgIpc) is 3.12. The van der Waals surface area contributed by atoms with Crippen LogP contribution in [0.15, 0.2) is 42.5 Å². The summed E-state index contributed by atoms with van der Waals surface area (Å²) in [6.45, 7) is 7.97. The molecule has 2 aromatic carbocycles. The van der Waals surface area contributed by atoms with Crippen LogP contribution >= 0.6 is 12.2 Å². The summed E-state index contributed by atoms with van der Waals surface area (Å²) in [6.07, 6.45) is 4.24. The van der Waals surface area contributed by atoms with Crippen molar-refractivity contribution in [3.05, 3.63) is 64.7 Å². The van der Waals surface area contributed by atoms with Crippen LogP contribution in [0.4, 0.5) is 5.69 Å². The largest absolute Gasteiger partial charge is 0.349 e. The van der Waals surface area contributed by atoms with Gasteiger partial charge in [0.1, 0.15) is 0 Å². The van der Waals surface area contributed by atoms with E-state index in [-0.39, 0.29) is 11.3 Å². The van der Waals surface area contributed by atoms with Crippen LogP contribution in [0.1, 0.15) is 47.4 Å². The molecule has 5 heteroatoms. The summed E-state index contributed by atoms with van der Waals surface area (Å²) < 4.78 is 0. The van der Waals surface area contributed by atoms with E-state index in [0.717, 1.165) is 62.7 Å². The van der Waals surface area contributed by atoms with Gasteiger partial charge in [0.2, 0.25) is 5.91 Å². The first-order valence-corrected chi connectivity index (χ1v) is 11.8. The van der Waals surface area contributed by atoms with E-state index >= 15 is 0 Å². The lowest BCUT2D eigenvalue weighted by Crippen LogP contribution is -2.46. The minimum atomic E-state index is 0.0843. The van der Waals surface area contributed by atoms with Gasteiger partial charge in [0.05, 0.1) is 5.92 Å². The normalized spacial score (nSPS) is 21.5. The van der Waals surface area contributed by atoms with Gasteiger partial charge >= 0.3 is 0 Å². The summed E-state index contributed by atoms with van der Waals surface area (Å²) in [5.74, 6) is 0.422. The first kappa shape index (κ1) is 20.5. The molecule has 0 bridgehead atoms. The zero-order chi connectivity index (χ0) is 21.6. The second kappa shape index (κ2) is 7.94. The molecule has 2 aromatic rings. The predicted octanol–water partition coefficient (Wildman–Crippen LogP) is 4.65. The number of piperidine rings is 1. The number of nitrogens with zero attached hydrogens (tertiary/aromatic N) is 2. The second-order valence-electron chi connectivity index (χ2n) is 9.76. The molecule has 1 spiro atoms. The maximum Gasteiger partial charge on any atom is 0.230 e. The van der Waals surface area contributed by atoms with Crippen LogP contribution < -0.4 is 5.32 Å². The maximum absolute atomic E-state index is 13.1. The lowest BCUT2D eigenvalue weighted by Gasteiger charge is -2.40. The molecule has 31 heavy (non-hydrogen) atoms. The number of amides is 1. The number of fused-ring (bicyclic) bond motifs is 1. The summed E-state index contributed by atoms with van der Waals surface area (Å²) in [5.41, 5.74) is 6.41. The predicted molar refractivity (Wildman–Crippen MR) is 129 cm³/mol. The number of hydrogen-bond donors (Lipinski definition) is 1. The highest BCUT2D eigenvalue weighted by Crippen LogP contribution is 2.43. The third-order valence-electron chi connectivity index (χ3n) is 7.49. The van der Waals surface area contributed by atoms with Crippen molar-refractivity contribution in [3.63, 3.8) is 0 Å². The van der Waals surface area contributed by atoms with Crippen molar-refractivity contribution in [2.75, 3.05) is 31.5 Å². The standard InChI is InChI=1S/C26H31N3OS/c1-18-13-19(2)15-21(14-18)27-25(31)28-10-7-26(8-11-28)9-12-29(17-26)24(30)23-16-20-5-3-4-6-22(20)23/h3-6,13-15,23H,7-12,16-17H2,1-2H3,(H,27,31). The van der Waals surface area contributed by atoms with Crippen molar-refractivity contribution < 1.29 is 4.79 Å². The van der Waals surface area contributed by atoms with Gasteiger partial charge in [-0.15, -0.1) is 0 Å². The molecule has 0 aromatic heterocycles. The Bertz CT molecular complexity index is 1000. The van der Waals surface area contributed by atoms with E-state index in [1.165, 1.54) is 22.3 Å². The lowest BCUT2D eigenvalue weighted by atomic mass is 9.76. The molecular weight excluding hydrogens is 402 g/mol. The Morgan fingerprint density at radius 3 is 2.32 bits per heavy atom. The molecule has 2 aliphatic heterocycles. The number of likely N-dealkylation sites (tertiary alicyclic amines) is 2. The molecule has 1 atom stereocenters. The van der Waals surface area contributed by atoms with E-state index in [1.54, 1.807) is 0 Å². The van der Waals surface area contributed by atoms with Crippen LogP contribution in [0, 0.1) is 19.3 Å². The molecule has 162 valence electrons. The molecule has 2 heterocycles. The fourth-order valence-electron chi connectivity index (χ4n) is 5.66. The fourth-order valence-corrected chi connectivity index (χ4v) is 5.96. The Balaban J connectivity index is 1.16. The molecule has 3 aliphatic rings. The van der Waals surface area contributed by atoms with Gasteiger partial charge in [-0.25, -0.2) is 0 Å². The van der Waals surface area contributed by atoms with Gasteiger partial charge in [0, 0.05) is 31.9 Å². The summed E-state index contributed by atoms with van der Waals surface area (Å²) >= 11 is 5.72. The highest BCUT2D eigenvalue weighted by atomic mass is 32.1. The van der Waals surface area contributed by atoms with E-state index < -0.39 is 0 Å². The van der Waals surface area contributed by atoms with Crippen LogP contribution in [-0.2, 0) is 11.2 Å². The number of hydrogen-bond acceptors (Lipinski definition) is 2. The quantitative estimate of drug-likeness (QED) is 0.699. The first-order chi connectivity index (χ1) is 14.9. The Hall–Kier alpha value is -2.40. The Kier molecular flexibility index (Phi) is 5.25. The van der Waals surface area contributed by atoms with Crippen molar-refractivity contribution in [1.82, 2.24) is 9.80 Å². The lowest BCUT2D eigenvalue weighted by molar-refractivity contribution is -0.132. The fraction of sp³-hybridized carbons (Fsp3) is 0.462. The molecule has 0 saturated carbocycles. The molecular formula is C26H31N3OS.